The van der Waals surface area contributed by atoms with Crippen molar-refractivity contribution in [3.05, 3.63) is 17.7 Å². The van der Waals surface area contributed by atoms with Crippen LogP contribution in [0, 0.1) is 0 Å². The third-order valence-corrected chi connectivity index (χ3v) is 3.17. The van der Waals surface area contributed by atoms with Crippen LogP contribution < -0.4 is 25.4 Å². The highest BCUT2D eigenvalue weighted by molar-refractivity contribution is 7.80. The van der Waals surface area contributed by atoms with Crippen LogP contribution in [0.3, 0.4) is 0 Å². The summed E-state index contributed by atoms with van der Waals surface area (Å²) in [6.07, 6.45) is 0.616. The number of hydrazone groups is 1. The number of nitrogens with zero attached hydrogens (tertiary/aromatic N) is 1. The molecule has 7 heteroatoms. The third kappa shape index (κ3) is 3.36. The number of methoxy groups -OCH3 is 2. The number of ether oxygens (including phenoxy) is 3. The molecular weight excluding hydrogens is 290 g/mol. The fraction of sp³-hybridized carbons (Fsp3) is 0.429. The van der Waals surface area contributed by atoms with E-state index in [0.717, 1.165) is 11.3 Å². The molecule has 0 saturated heterocycles. The van der Waals surface area contributed by atoms with Gasteiger partial charge in [0.1, 0.15) is 11.4 Å². The second-order valence-corrected chi connectivity index (χ2v) is 5.72. The number of fused-ring (bicyclic) bond motifs is 1. The third-order valence-electron chi connectivity index (χ3n) is 3.08. The lowest BCUT2D eigenvalue weighted by Gasteiger charge is -2.33. The van der Waals surface area contributed by atoms with Gasteiger partial charge in [-0.2, -0.15) is 5.10 Å². The van der Waals surface area contributed by atoms with E-state index in [1.807, 2.05) is 19.9 Å². The molecule has 0 saturated carbocycles. The summed E-state index contributed by atoms with van der Waals surface area (Å²) in [4.78, 5) is 0. The maximum atomic E-state index is 5.99. The molecule has 0 amide bonds. The normalized spacial score (nSPS) is 17.6. The Morgan fingerprint density at radius 1 is 1.33 bits per heavy atom. The smallest absolute Gasteiger partial charge is 0.184 e. The van der Waals surface area contributed by atoms with E-state index in [2.05, 4.69) is 10.5 Å². The van der Waals surface area contributed by atoms with Crippen molar-refractivity contribution in [1.29, 1.82) is 0 Å². The molecule has 1 aliphatic heterocycles. The molecule has 0 spiro atoms. The highest BCUT2D eigenvalue weighted by atomic mass is 32.1. The minimum Gasteiger partial charge on any atom is -0.493 e. The van der Waals surface area contributed by atoms with E-state index in [4.69, 9.17) is 32.2 Å². The Morgan fingerprint density at radius 2 is 1.95 bits per heavy atom. The summed E-state index contributed by atoms with van der Waals surface area (Å²) in [6, 6.07) is 3.63. The van der Waals surface area contributed by atoms with Crippen LogP contribution in [-0.2, 0) is 0 Å². The molecular formula is C14H19N3O3S. The van der Waals surface area contributed by atoms with Crippen molar-refractivity contribution in [1.82, 2.24) is 5.43 Å². The van der Waals surface area contributed by atoms with Crippen molar-refractivity contribution >= 4 is 23.0 Å². The minimum atomic E-state index is -0.386. The van der Waals surface area contributed by atoms with E-state index in [9.17, 15) is 0 Å². The summed E-state index contributed by atoms with van der Waals surface area (Å²) in [5.74, 6) is 1.91. The first kappa shape index (κ1) is 15.4. The monoisotopic (exact) mass is 309 g/mol. The Balaban J connectivity index is 2.53. The Kier molecular flexibility index (Phi) is 4.22. The highest BCUT2D eigenvalue weighted by Gasteiger charge is 2.32. The second-order valence-electron chi connectivity index (χ2n) is 5.28. The zero-order chi connectivity index (χ0) is 15.6. The Hall–Kier alpha value is -2.02. The van der Waals surface area contributed by atoms with E-state index in [-0.39, 0.29) is 10.7 Å². The molecule has 0 aromatic heterocycles. The quantitative estimate of drug-likeness (QED) is 0.655. The minimum absolute atomic E-state index is 0.119. The number of hydrogen-bond donors (Lipinski definition) is 2. The van der Waals surface area contributed by atoms with Gasteiger partial charge in [-0.05, 0) is 32.1 Å². The fourth-order valence-corrected chi connectivity index (χ4v) is 2.27. The number of hydrogen-bond acceptors (Lipinski definition) is 5. The largest absolute Gasteiger partial charge is 0.493 e. The van der Waals surface area contributed by atoms with Crippen LogP contribution >= 0.6 is 12.2 Å². The van der Waals surface area contributed by atoms with Gasteiger partial charge in [0.2, 0.25) is 0 Å². The maximum Gasteiger partial charge on any atom is 0.184 e. The Bertz CT molecular complexity index is 599. The van der Waals surface area contributed by atoms with E-state index in [0.29, 0.717) is 23.7 Å². The first-order valence-corrected chi connectivity index (χ1v) is 6.84. The van der Waals surface area contributed by atoms with Crippen LogP contribution in [0.5, 0.6) is 17.2 Å². The molecule has 21 heavy (non-hydrogen) atoms. The van der Waals surface area contributed by atoms with Crippen LogP contribution in [0.4, 0.5) is 0 Å². The topological polar surface area (TPSA) is 78.1 Å². The van der Waals surface area contributed by atoms with Crippen molar-refractivity contribution in [3.8, 4) is 17.2 Å². The lowest BCUT2D eigenvalue weighted by Crippen LogP contribution is -2.37. The molecule has 6 nitrogen and oxygen atoms in total. The lowest BCUT2D eigenvalue weighted by molar-refractivity contribution is 0.110. The predicted octanol–water partition coefficient (Wildman–Crippen LogP) is 1.80. The van der Waals surface area contributed by atoms with Crippen molar-refractivity contribution in [3.63, 3.8) is 0 Å². The average Bonchev–Trinajstić information content (AvgIpc) is 2.42. The summed E-state index contributed by atoms with van der Waals surface area (Å²) in [6.45, 7) is 3.98. The highest BCUT2D eigenvalue weighted by Crippen LogP contribution is 2.40. The van der Waals surface area contributed by atoms with Gasteiger partial charge in [0, 0.05) is 18.1 Å². The molecule has 3 N–H and O–H groups in total. The first-order valence-electron chi connectivity index (χ1n) is 6.43. The number of thiocarbonyl (C=S) groups is 1. The van der Waals surface area contributed by atoms with Gasteiger partial charge in [-0.3, -0.25) is 5.43 Å². The second kappa shape index (κ2) is 5.77. The molecule has 1 aliphatic rings. The lowest BCUT2D eigenvalue weighted by atomic mass is 9.92. The van der Waals surface area contributed by atoms with Gasteiger partial charge in [0.05, 0.1) is 19.9 Å². The van der Waals surface area contributed by atoms with Gasteiger partial charge in [-0.15, -0.1) is 0 Å². The van der Waals surface area contributed by atoms with Crippen LogP contribution in [0.15, 0.2) is 17.2 Å². The van der Waals surface area contributed by atoms with Gasteiger partial charge in [-0.25, -0.2) is 0 Å². The molecule has 1 heterocycles. The van der Waals surface area contributed by atoms with E-state index in [1.54, 1.807) is 20.3 Å². The van der Waals surface area contributed by atoms with E-state index < -0.39 is 0 Å². The summed E-state index contributed by atoms with van der Waals surface area (Å²) < 4.78 is 16.6. The fourth-order valence-electron chi connectivity index (χ4n) is 2.22. The number of rotatable bonds is 3. The zero-order valence-electron chi connectivity index (χ0n) is 12.5. The summed E-state index contributed by atoms with van der Waals surface area (Å²) in [5, 5.41) is 4.39. The number of nitrogens with two attached hydrogens (primary N) is 1. The molecule has 0 radical (unpaired) electrons. The SMILES string of the molecule is COc1cc2c(cc1OC)C(=NNC(N)=S)CC(C)(C)O2. The standard InChI is InChI=1S/C14H19N3O3S/c1-14(2)7-9(16-17-13(15)21)8-5-11(18-3)12(19-4)6-10(8)20-14/h5-6H,7H2,1-4H3,(H3,15,17,21). The van der Waals surface area contributed by atoms with Gasteiger partial charge < -0.3 is 19.9 Å². The number of benzene rings is 1. The van der Waals surface area contributed by atoms with Crippen LogP contribution in [0.25, 0.3) is 0 Å². The van der Waals surface area contributed by atoms with Gasteiger partial charge in [0.15, 0.2) is 16.6 Å². The first-order chi connectivity index (χ1) is 9.86. The van der Waals surface area contributed by atoms with Gasteiger partial charge >= 0.3 is 0 Å². The number of nitrogens with one attached hydrogen (secondary N) is 1. The molecule has 0 aliphatic carbocycles. The zero-order valence-corrected chi connectivity index (χ0v) is 13.3. The van der Waals surface area contributed by atoms with Crippen LogP contribution in [0.1, 0.15) is 25.8 Å². The molecule has 0 unspecified atom stereocenters. The Labute approximate surface area is 129 Å². The Morgan fingerprint density at radius 3 is 2.52 bits per heavy atom. The predicted molar refractivity (Wildman–Crippen MR) is 85.3 cm³/mol. The van der Waals surface area contributed by atoms with Crippen molar-refractivity contribution < 1.29 is 14.2 Å². The molecule has 2 rings (SSSR count). The van der Waals surface area contributed by atoms with Crippen LogP contribution in [0.2, 0.25) is 0 Å². The van der Waals surface area contributed by atoms with Crippen LogP contribution in [-0.4, -0.2) is 30.6 Å². The van der Waals surface area contributed by atoms with Crippen molar-refractivity contribution in [2.45, 2.75) is 25.9 Å². The van der Waals surface area contributed by atoms with Crippen molar-refractivity contribution in [2.24, 2.45) is 10.8 Å². The average molecular weight is 309 g/mol. The molecule has 0 bridgehead atoms. The molecule has 114 valence electrons. The van der Waals surface area contributed by atoms with Gasteiger partial charge in [0.25, 0.3) is 0 Å². The summed E-state index contributed by atoms with van der Waals surface area (Å²) >= 11 is 4.79. The van der Waals surface area contributed by atoms with Gasteiger partial charge in [-0.1, -0.05) is 0 Å². The molecule has 0 fully saturated rings. The van der Waals surface area contributed by atoms with E-state index in [1.165, 1.54) is 0 Å². The maximum absolute atomic E-state index is 5.99. The molecule has 1 aromatic rings. The molecule has 0 atom stereocenters. The molecule has 1 aromatic carbocycles. The summed E-state index contributed by atoms with van der Waals surface area (Å²) in [7, 11) is 3.17. The summed E-state index contributed by atoms with van der Waals surface area (Å²) in [5.41, 5.74) is 9.31. The van der Waals surface area contributed by atoms with E-state index >= 15 is 0 Å². The van der Waals surface area contributed by atoms with Crippen molar-refractivity contribution in [2.75, 3.05) is 14.2 Å².